The summed E-state index contributed by atoms with van der Waals surface area (Å²) in [5.74, 6) is -0.760. The van der Waals surface area contributed by atoms with E-state index in [-0.39, 0.29) is 28.6 Å². The molecule has 0 unspecified atom stereocenters. The minimum absolute atomic E-state index is 0.126. The summed E-state index contributed by atoms with van der Waals surface area (Å²) in [6.45, 7) is 2.11. The molecule has 2 rings (SSSR count). The summed E-state index contributed by atoms with van der Waals surface area (Å²) >= 11 is 0. The molecule has 0 aliphatic rings. The van der Waals surface area contributed by atoms with E-state index in [1.807, 2.05) is 0 Å². The molecule has 0 aliphatic carbocycles. The molecule has 2 amide bonds. The molecule has 7 nitrogen and oxygen atoms in total. The van der Waals surface area contributed by atoms with Gasteiger partial charge < -0.3 is 10.6 Å². The van der Waals surface area contributed by atoms with Crippen LogP contribution in [0, 0.1) is 0 Å². The first-order valence-electron chi connectivity index (χ1n) is 7.65. The van der Waals surface area contributed by atoms with Gasteiger partial charge in [-0.2, -0.15) is 0 Å². The van der Waals surface area contributed by atoms with E-state index in [0.717, 1.165) is 0 Å². The predicted molar refractivity (Wildman–Crippen MR) is 94.7 cm³/mol. The summed E-state index contributed by atoms with van der Waals surface area (Å²) in [6, 6.07) is 14.0. The van der Waals surface area contributed by atoms with Gasteiger partial charge in [-0.25, -0.2) is 8.42 Å². The Bertz CT molecular complexity index is 851. The van der Waals surface area contributed by atoms with Gasteiger partial charge in [-0.15, -0.1) is 0 Å². The highest BCUT2D eigenvalue weighted by atomic mass is 32.2. The maximum atomic E-state index is 12.3. The van der Waals surface area contributed by atoms with E-state index < -0.39 is 15.9 Å². The molecule has 0 radical (unpaired) electrons. The summed E-state index contributed by atoms with van der Waals surface area (Å²) in [6.07, 6.45) is 0. The highest BCUT2D eigenvalue weighted by molar-refractivity contribution is 7.92. The van der Waals surface area contributed by atoms with Gasteiger partial charge in [0.1, 0.15) is 0 Å². The Kier molecular flexibility index (Phi) is 6.13. The van der Waals surface area contributed by atoms with E-state index in [4.69, 9.17) is 0 Å². The summed E-state index contributed by atoms with van der Waals surface area (Å²) in [5, 5.41) is 5.04. The Labute approximate surface area is 146 Å². The number of rotatable bonds is 7. The topological polar surface area (TPSA) is 104 Å². The molecule has 0 atom stereocenters. The van der Waals surface area contributed by atoms with E-state index in [1.165, 1.54) is 24.3 Å². The van der Waals surface area contributed by atoms with Crippen LogP contribution in [0.5, 0.6) is 0 Å². The second-order valence-electron chi connectivity index (χ2n) is 5.14. The van der Waals surface area contributed by atoms with Gasteiger partial charge in [0.2, 0.25) is 5.91 Å². The van der Waals surface area contributed by atoms with Crippen LogP contribution in [0.4, 0.5) is 5.69 Å². The molecule has 25 heavy (non-hydrogen) atoms. The molecule has 3 N–H and O–H groups in total. The lowest BCUT2D eigenvalue weighted by Gasteiger charge is -2.10. The zero-order chi connectivity index (χ0) is 18.3. The highest BCUT2D eigenvalue weighted by Crippen LogP contribution is 2.17. The SMILES string of the molecule is CCNC(=O)CNC(=O)c1cccc(NS(=O)(=O)c2ccccc2)c1. The Morgan fingerprint density at radius 2 is 1.68 bits per heavy atom. The number of hydrogen-bond donors (Lipinski definition) is 3. The predicted octanol–water partition coefficient (Wildman–Crippen LogP) is 1.35. The maximum absolute atomic E-state index is 12.3. The first-order valence-corrected chi connectivity index (χ1v) is 9.13. The molecule has 2 aromatic carbocycles. The van der Waals surface area contributed by atoms with E-state index in [2.05, 4.69) is 15.4 Å². The monoisotopic (exact) mass is 361 g/mol. The van der Waals surface area contributed by atoms with Gasteiger partial charge >= 0.3 is 0 Å². The van der Waals surface area contributed by atoms with E-state index in [1.54, 1.807) is 37.3 Å². The Morgan fingerprint density at radius 3 is 2.36 bits per heavy atom. The average molecular weight is 361 g/mol. The van der Waals surface area contributed by atoms with Gasteiger partial charge in [0, 0.05) is 17.8 Å². The van der Waals surface area contributed by atoms with Crippen molar-refractivity contribution in [2.75, 3.05) is 17.8 Å². The first kappa shape index (κ1) is 18.5. The smallest absolute Gasteiger partial charge is 0.261 e. The number of sulfonamides is 1. The van der Waals surface area contributed by atoms with E-state index >= 15 is 0 Å². The number of carbonyl (C=O) groups excluding carboxylic acids is 2. The molecule has 2 aromatic rings. The molecule has 8 heteroatoms. The van der Waals surface area contributed by atoms with Gasteiger partial charge in [0.05, 0.1) is 11.4 Å². The minimum atomic E-state index is -3.73. The van der Waals surface area contributed by atoms with Crippen LogP contribution in [0.15, 0.2) is 59.5 Å². The molecule has 0 spiro atoms. The largest absolute Gasteiger partial charge is 0.355 e. The standard InChI is InChI=1S/C17H19N3O4S/c1-2-18-16(21)12-19-17(22)13-7-6-8-14(11-13)20-25(23,24)15-9-4-3-5-10-15/h3-11,20H,2,12H2,1H3,(H,18,21)(H,19,22). The number of hydrogen-bond acceptors (Lipinski definition) is 4. The lowest BCUT2D eigenvalue weighted by molar-refractivity contribution is -0.120. The van der Waals surface area contributed by atoms with Crippen molar-refractivity contribution in [3.8, 4) is 0 Å². The zero-order valence-electron chi connectivity index (χ0n) is 13.7. The fraction of sp³-hybridized carbons (Fsp3) is 0.176. The average Bonchev–Trinajstić information content (AvgIpc) is 2.60. The Morgan fingerprint density at radius 1 is 0.960 bits per heavy atom. The van der Waals surface area contributed by atoms with Crippen molar-refractivity contribution >= 4 is 27.5 Å². The van der Waals surface area contributed by atoms with Gasteiger partial charge in [-0.3, -0.25) is 14.3 Å². The lowest BCUT2D eigenvalue weighted by Crippen LogP contribution is -2.36. The summed E-state index contributed by atoms with van der Waals surface area (Å²) in [5.41, 5.74) is 0.507. The molecular weight excluding hydrogens is 342 g/mol. The van der Waals surface area contributed by atoms with Crippen LogP contribution in [0.25, 0.3) is 0 Å². The van der Waals surface area contributed by atoms with Crippen LogP contribution in [-0.2, 0) is 14.8 Å². The van der Waals surface area contributed by atoms with Crippen LogP contribution in [-0.4, -0.2) is 33.3 Å². The molecule has 0 aromatic heterocycles. The van der Waals surface area contributed by atoms with Crippen molar-refractivity contribution < 1.29 is 18.0 Å². The number of amides is 2. The minimum Gasteiger partial charge on any atom is -0.355 e. The van der Waals surface area contributed by atoms with E-state index in [9.17, 15) is 18.0 Å². The number of likely N-dealkylation sites (N-methyl/N-ethyl adjacent to an activating group) is 1. The van der Waals surface area contributed by atoms with Crippen molar-refractivity contribution in [2.45, 2.75) is 11.8 Å². The van der Waals surface area contributed by atoms with Crippen molar-refractivity contribution in [1.29, 1.82) is 0 Å². The molecule has 0 aliphatic heterocycles. The van der Waals surface area contributed by atoms with Crippen LogP contribution in [0.1, 0.15) is 17.3 Å². The second kappa shape index (κ2) is 8.29. The van der Waals surface area contributed by atoms with Crippen molar-refractivity contribution in [3.63, 3.8) is 0 Å². The van der Waals surface area contributed by atoms with Crippen LogP contribution >= 0.6 is 0 Å². The molecule has 0 bridgehead atoms. The van der Waals surface area contributed by atoms with Crippen LogP contribution in [0.3, 0.4) is 0 Å². The van der Waals surface area contributed by atoms with Gasteiger partial charge in [0.15, 0.2) is 0 Å². The van der Waals surface area contributed by atoms with Crippen LogP contribution < -0.4 is 15.4 Å². The maximum Gasteiger partial charge on any atom is 0.261 e. The molecular formula is C17H19N3O4S. The molecule has 0 heterocycles. The Hall–Kier alpha value is -2.87. The number of carbonyl (C=O) groups is 2. The first-order chi connectivity index (χ1) is 11.9. The van der Waals surface area contributed by atoms with Crippen LogP contribution in [0.2, 0.25) is 0 Å². The lowest BCUT2D eigenvalue weighted by atomic mass is 10.2. The summed E-state index contributed by atoms with van der Waals surface area (Å²) in [7, 11) is -3.73. The fourth-order valence-corrected chi connectivity index (χ4v) is 3.13. The van der Waals surface area contributed by atoms with Crippen molar-refractivity contribution in [1.82, 2.24) is 10.6 Å². The third kappa shape index (κ3) is 5.32. The number of nitrogens with one attached hydrogen (secondary N) is 3. The highest BCUT2D eigenvalue weighted by Gasteiger charge is 2.14. The third-order valence-electron chi connectivity index (χ3n) is 3.21. The molecule has 0 saturated carbocycles. The number of anilines is 1. The third-order valence-corrected chi connectivity index (χ3v) is 4.61. The normalized spacial score (nSPS) is 10.8. The van der Waals surface area contributed by atoms with Gasteiger partial charge in [0.25, 0.3) is 15.9 Å². The van der Waals surface area contributed by atoms with Gasteiger partial charge in [-0.05, 0) is 37.3 Å². The molecule has 0 saturated heterocycles. The number of benzene rings is 2. The van der Waals surface area contributed by atoms with E-state index in [0.29, 0.717) is 6.54 Å². The van der Waals surface area contributed by atoms with Crippen molar-refractivity contribution in [3.05, 3.63) is 60.2 Å². The second-order valence-corrected chi connectivity index (χ2v) is 6.82. The molecule has 0 fully saturated rings. The van der Waals surface area contributed by atoms with Crippen molar-refractivity contribution in [2.24, 2.45) is 0 Å². The summed E-state index contributed by atoms with van der Waals surface area (Å²) < 4.78 is 27.0. The quantitative estimate of drug-likeness (QED) is 0.692. The Balaban J connectivity index is 2.08. The summed E-state index contributed by atoms with van der Waals surface area (Å²) in [4.78, 5) is 23.6. The zero-order valence-corrected chi connectivity index (χ0v) is 14.5. The molecule has 132 valence electrons. The fourth-order valence-electron chi connectivity index (χ4n) is 2.06. The van der Waals surface area contributed by atoms with Gasteiger partial charge in [-0.1, -0.05) is 24.3 Å².